The van der Waals surface area contributed by atoms with Crippen molar-refractivity contribution in [2.24, 2.45) is 0 Å². The molecule has 8 nitrogen and oxygen atoms in total. The number of sulfonamides is 1. The molecule has 1 heterocycles. The van der Waals surface area contributed by atoms with Crippen molar-refractivity contribution in [2.45, 2.75) is 4.90 Å². The maximum atomic E-state index is 12.5. The Morgan fingerprint density at radius 2 is 1.92 bits per heavy atom. The molecular weight excluding hydrogens is 382 g/mol. The summed E-state index contributed by atoms with van der Waals surface area (Å²) in [5.74, 6) is -1.13. The number of carbonyl (C=O) groups excluding carboxylic acids is 1. The van der Waals surface area contributed by atoms with E-state index in [1.807, 2.05) is 0 Å². The number of hydrogen-bond acceptors (Lipinski definition) is 5. The minimum absolute atomic E-state index is 0.0367. The molecule has 3 rings (SSSR count). The van der Waals surface area contributed by atoms with E-state index in [1.165, 1.54) is 43.4 Å². The number of aromatic amines is 1. The first-order chi connectivity index (χ1) is 12.3. The normalized spacial score (nSPS) is 11.8. The Kier molecular flexibility index (Phi) is 4.86. The van der Waals surface area contributed by atoms with Crippen LogP contribution in [0.3, 0.4) is 0 Å². The average molecular weight is 396 g/mol. The van der Waals surface area contributed by atoms with E-state index in [0.29, 0.717) is 21.8 Å². The molecule has 0 radical (unpaired) electrons. The van der Waals surface area contributed by atoms with E-state index in [1.54, 1.807) is 6.07 Å². The van der Waals surface area contributed by atoms with Crippen LogP contribution in [-0.2, 0) is 14.8 Å². The maximum Gasteiger partial charge on any atom is 0.417 e. The van der Waals surface area contributed by atoms with E-state index in [4.69, 9.17) is 16.0 Å². The third-order valence-corrected chi connectivity index (χ3v) is 5.66. The first-order valence-corrected chi connectivity index (χ1v) is 9.22. The molecule has 0 saturated carbocycles. The number of nitrogens with zero attached hydrogens (tertiary/aromatic N) is 1. The van der Waals surface area contributed by atoms with Gasteiger partial charge >= 0.3 is 5.76 Å². The molecule has 10 heteroatoms. The predicted molar refractivity (Wildman–Crippen MR) is 96.7 cm³/mol. The Hall–Kier alpha value is -2.62. The van der Waals surface area contributed by atoms with E-state index in [0.717, 1.165) is 4.31 Å². The Labute approximate surface area is 153 Å². The fraction of sp³-hybridized carbons (Fsp3) is 0.125. The third kappa shape index (κ3) is 3.79. The molecule has 0 atom stereocenters. The summed E-state index contributed by atoms with van der Waals surface area (Å²) in [7, 11) is -2.52. The van der Waals surface area contributed by atoms with Gasteiger partial charge in [0.25, 0.3) is 0 Å². The van der Waals surface area contributed by atoms with Crippen LogP contribution in [0, 0.1) is 0 Å². The molecule has 1 amide bonds. The van der Waals surface area contributed by atoms with Gasteiger partial charge in [0.1, 0.15) is 0 Å². The van der Waals surface area contributed by atoms with Gasteiger partial charge < -0.3 is 9.73 Å². The van der Waals surface area contributed by atoms with Crippen LogP contribution in [0.4, 0.5) is 5.69 Å². The van der Waals surface area contributed by atoms with Crippen LogP contribution in [0.25, 0.3) is 11.1 Å². The number of halogens is 1. The zero-order chi connectivity index (χ0) is 18.9. The molecule has 2 N–H and O–H groups in total. The monoisotopic (exact) mass is 395 g/mol. The molecule has 0 spiro atoms. The van der Waals surface area contributed by atoms with Gasteiger partial charge in [0.2, 0.25) is 15.9 Å². The van der Waals surface area contributed by atoms with E-state index in [2.05, 4.69) is 10.3 Å². The van der Waals surface area contributed by atoms with Crippen molar-refractivity contribution in [3.63, 3.8) is 0 Å². The highest BCUT2D eigenvalue weighted by molar-refractivity contribution is 7.89. The maximum absolute atomic E-state index is 12.5. The number of oxazole rings is 1. The quantitative estimate of drug-likeness (QED) is 0.686. The summed E-state index contributed by atoms with van der Waals surface area (Å²) in [6.45, 7) is -0.384. The second-order valence-corrected chi connectivity index (χ2v) is 7.97. The topological polar surface area (TPSA) is 112 Å². The van der Waals surface area contributed by atoms with Crippen molar-refractivity contribution in [1.29, 1.82) is 0 Å². The summed E-state index contributed by atoms with van der Waals surface area (Å²) in [5.41, 5.74) is 1.18. The molecule has 0 saturated heterocycles. The van der Waals surface area contributed by atoms with Crippen molar-refractivity contribution < 1.29 is 17.6 Å². The largest absolute Gasteiger partial charge is 0.417 e. The highest BCUT2D eigenvalue weighted by Crippen LogP contribution is 2.18. The smallest absolute Gasteiger partial charge is 0.408 e. The fourth-order valence-electron chi connectivity index (χ4n) is 2.30. The second kappa shape index (κ2) is 6.94. The van der Waals surface area contributed by atoms with Gasteiger partial charge in [0.15, 0.2) is 5.58 Å². The number of H-pyrrole nitrogens is 1. The molecule has 0 aliphatic heterocycles. The number of carbonyl (C=O) groups is 1. The van der Waals surface area contributed by atoms with Crippen LogP contribution in [0.1, 0.15) is 0 Å². The van der Waals surface area contributed by atoms with Gasteiger partial charge in [0, 0.05) is 17.8 Å². The van der Waals surface area contributed by atoms with Crippen molar-refractivity contribution in [3.8, 4) is 0 Å². The molecule has 1 aromatic heterocycles. The second-order valence-electron chi connectivity index (χ2n) is 5.49. The Balaban J connectivity index is 1.71. The van der Waals surface area contributed by atoms with Gasteiger partial charge in [0.05, 0.1) is 17.0 Å². The minimum Gasteiger partial charge on any atom is -0.408 e. The SMILES string of the molecule is CN(CC(=O)Nc1ccc2oc(=O)[nH]c2c1)S(=O)(=O)c1ccc(Cl)cc1. The lowest BCUT2D eigenvalue weighted by Crippen LogP contribution is -2.34. The van der Waals surface area contributed by atoms with Gasteiger partial charge in [-0.25, -0.2) is 13.2 Å². The number of aromatic nitrogens is 1. The number of hydrogen-bond donors (Lipinski definition) is 2. The summed E-state index contributed by atoms with van der Waals surface area (Å²) in [6, 6.07) is 10.3. The van der Waals surface area contributed by atoms with Crippen molar-refractivity contribution >= 4 is 44.3 Å². The molecule has 26 heavy (non-hydrogen) atoms. The standard InChI is InChI=1S/C16H14ClN3O5S/c1-20(26(23,24)12-5-2-10(17)3-6-12)9-15(21)18-11-4-7-14-13(8-11)19-16(22)25-14/h2-8H,9H2,1H3,(H,18,21)(H,19,22). The number of anilines is 1. The Bertz CT molecular complexity index is 1120. The van der Waals surface area contributed by atoms with Crippen molar-refractivity contribution in [1.82, 2.24) is 9.29 Å². The van der Waals surface area contributed by atoms with E-state index in [9.17, 15) is 18.0 Å². The predicted octanol–water partition coefficient (Wildman–Crippen LogP) is 2.03. The summed E-state index contributed by atoms with van der Waals surface area (Å²) in [6.07, 6.45) is 0. The highest BCUT2D eigenvalue weighted by atomic mass is 35.5. The molecule has 0 aliphatic rings. The zero-order valence-corrected chi connectivity index (χ0v) is 15.1. The van der Waals surface area contributed by atoms with Crippen molar-refractivity contribution in [2.75, 3.05) is 18.9 Å². The molecule has 0 unspecified atom stereocenters. The highest BCUT2D eigenvalue weighted by Gasteiger charge is 2.23. The lowest BCUT2D eigenvalue weighted by atomic mass is 10.3. The first kappa shape index (κ1) is 18.2. The molecule has 136 valence electrons. The van der Waals surface area contributed by atoms with Gasteiger partial charge in [-0.15, -0.1) is 0 Å². The van der Waals surface area contributed by atoms with E-state index in [-0.39, 0.29) is 11.4 Å². The molecule has 2 aromatic carbocycles. The van der Waals surface area contributed by atoms with E-state index < -0.39 is 21.7 Å². The number of rotatable bonds is 5. The van der Waals surface area contributed by atoms with Crippen LogP contribution in [0.2, 0.25) is 5.02 Å². The van der Waals surface area contributed by atoms with Gasteiger partial charge in [-0.1, -0.05) is 11.6 Å². The minimum atomic E-state index is -3.82. The summed E-state index contributed by atoms with van der Waals surface area (Å²) >= 11 is 5.76. The molecular formula is C16H14ClN3O5S. The van der Waals surface area contributed by atoms with Gasteiger partial charge in [-0.05, 0) is 42.5 Å². The van der Waals surface area contributed by atoms with Crippen LogP contribution < -0.4 is 11.1 Å². The molecule has 3 aromatic rings. The molecule has 0 aliphatic carbocycles. The third-order valence-electron chi connectivity index (χ3n) is 3.59. The Morgan fingerprint density at radius 3 is 2.62 bits per heavy atom. The van der Waals surface area contributed by atoms with Gasteiger partial charge in [-0.3, -0.25) is 9.78 Å². The fourth-order valence-corrected chi connectivity index (χ4v) is 3.56. The lowest BCUT2D eigenvalue weighted by molar-refractivity contribution is -0.116. The van der Waals surface area contributed by atoms with E-state index >= 15 is 0 Å². The lowest BCUT2D eigenvalue weighted by Gasteiger charge is -2.17. The average Bonchev–Trinajstić information content (AvgIpc) is 2.94. The zero-order valence-electron chi connectivity index (χ0n) is 13.5. The van der Waals surface area contributed by atoms with Crippen molar-refractivity contribution in [3.05, 3.63) is 58.0 Å². The summed E-state index contributed by atoms with van der Waals surface area (Å²) < 4.78 is 30.7. The Morgan fingerprint density at radius 1 is 1.23 bits per heavy atom. The summed E-state index contributed by atoms with van der Waals surface area (Å²) in [4.78, 5) is 25.8. The molecule has 0 fully saturated rings. The summed E-state index contributed by atoms with van der Waals surface area (Å²) in [5, 5.41) is 2.99. The number of likely N-dealkylation sites (N-methyl/N-ethyl adjacent to an activating group) is 1. The number of nitrogens with one attached hydrogen (secondary N) is 2. The van der Waals surface area contributed by atoms with Crippen LogP contribution in [0.15, 0.2) is 56.6 Å². The van der Waals surface area contributed by atoms with Crippen LogP contribution in [-0.4, -0.2) is 37.2 Å². The molecule has 0 bridgehead atoms. The van der Waals surface area contributed by atoms with Gasteiger partial charge in [-0.2, -0.15) is 4.31 Å². The first-order valence-electron chi connectivity index (χ1n) is 7.40. The van der Waals surface area contributed by atoms with Crippen LogP contribution >= 0.6 is 11.6 Å². The number of fused-ring (bicyclic) bond motifs is 1. The number of amides is 1. The van der Waals surface area contributed by atoms with Crippen LogP contribution in [0.5, 0.6) is 0 Å². The number of benzene rings is 2.